The molecule has 0 radical (unpaired) electrons. The van der Waals surface area contributed by atoms with Crippen LogP contribution in [-0.2, 0) is 10.0 Å². The molecule has 1 saturated carbocycles. The molecule has 0 amide bonds. The van der Waals surface area contributed by atoms with E-state index in [-0.39, 0.29) is 16.0 Å². The fourth-order valence-corrected chi connectivity index (χ4v) is 3.74. The average Bonchev–Trinajstić information content (AvgIpc) is 2.37. The Kier molecular flexibility index (Phi) is 4.14. The fourth-order valence-electron chi connectivity index (χ4n) is 2.47. The Morgan fingerprint density at radius 1 is 1.35 bits per heavy atom. The zero-order valence-electron chi connectivity index (χ0n) is 11.8. The molecule has 1 aromatic rings. The summed E-state index contributed by atoms with van der Waals surface area (Å²) in [5, 5.41) is 9.00. The summed E-state index contributed by atoms with van der Waals surface area (Å²) < 4.78 is 27.3. The third-order valence-electron chi connectivity index (χ3n) is 4.12. The Morgan fingerprint density at radius 3 is 2.50 bits per heavy atom. The summed E-state index contributed by atoms with van der Waals surface area (Å²) in [5.41, 5.74) is 0.0850. The van der Waals surface area contributed by atoms with E-state index in [1.54, 1.807) is 12.1 Å². The average molecular weight is 293 g/mol. The molecule has 1 fully saturated rings. The third-order valence-corrected chi connectivity index (χ3v) is 5.58. The SMILES string of the molecule is CN(C)C1(CNS(=O)(=O)c2ccccc2C#N)CCC1. The van der Waals surface area contributed by atoms with Crippen molar-refractivity contribution in [1.82, 2.24) is 9.62 Å². The summed E-state index contributed by atoms with van der Waals surface area (Å²) in [6, 6.07) is 8.18. The van der Waals surface area contributed by atoms with Crippen molar-refractivity contribution in [3.05, 3.63) is 29.8 Å². The van der Waals surface area contributed by atoms with Crippen LogP contribution in [0.15, 0.2) is 29.2 Å². The van der Waals surface area contributed by atoms with Crippen LogP contribution in [0, 0.1) is 11.3 Å². The number of hydrogen-bond acceptors (Lipinski definition) is 4. The Balaban J connectivity index is 2.18. The van der Waals surface area contributed by atoms with Gasteiger partial charge in [0.1, 0.15) is 6.07 Å². The van der Waals surface area contributed by atoms with Gasteiger partial charge in [-0.1, -0.05) is 12.1 Å². The van der Waals surface area contributed by atoms with Gasteiger partial charge in [0.25, 0.3) is 0 Å². The van der Waals surface area contributed by atoms with E-state index in [2.05, 4.69) is 9.62 Å². The number of sulfonamides is 1. The molecule has 0 bridgehead atoms. The van der Waals surface area contributed by atoms with E-state index >= 15 is 0 Å². The van der Waals surface area contributed by atoms with E-state index in [9.17, 15) is 8.42 Å². The molecule has 6 heteroatoms. The predicted octanol–water partition coefficient (Wildman–Crippen LogP) is 1.32. The second-order valence-electron chi connectivity index (χ2n) is 5.40. The van der Waals surface area contributed by atoms with Crippen molar-refractivity contribution < 1.29 is 8.42 Å². The Bertz CT molecular complexity index is 628. The molecule has 0 spiro atoms. The lowest BCUT2D eigenvalue weighted by molar-refractivity contribution is 0.0657. The summed E-state index contributed by atoms with van der Waals surface area (Å²) in [5.74, 6) is 0. The molecule has 1 aliphatic rings. The van der Waals surface area contributed by atoms with Crippen LogP contribution in [0.1, 0.15) is 24.8 Å². The van der Waals surface area contributed by atoms with Crippen LogP contribution >= 0.6 is 0 Å². The molecule has 0 aliphatic heterocycles. The van der Waals surface area contributed by atoms with Gasteiger partial charge >= 0.3 is 0 Å². The minimum absolute atomic E-state index is 0.0516. The van der Waals surface area contributed by atoms with Gasteiger partial charge in [0, 0.05) is 12.1 Å². The van der Waals surface area contributed by atoms with Gasteiger partial charge in [0.15, 0.2) is 0 Å². The van der Waals surface area contributed by atoms with Crippen molar-refractivity contribution in [1.29, 1.82) is 5.26 Å². The predicted molar refractivity (Wildman–Crippen MR) is 76.6 cm³/mol. The van der Waals surface area contributed by atoms with Crippen LogP contribution in [0.5, 0.6) is 0 Å². The highest BCUT2D eigenvalue weighted by molar-refractivity contribution is 7.89. The Morgan fingerprint density at radius 2 is 2.00 bits per heavy atom. The molecule has 0 aromatic heterocycles. The van der Waals surface area contributed by atoms with Crippen molar-refractivity contribution in [3.8, 4) is 6.07 Å². The van der Waals surface area contributed by atoms with Crippen LogP contribution in [0.3, 0.4) is 0 Å². The first-order valence-corrected chi connectivity index (χ1v) is 8.06. The lowest BCUT2D eigenvalue weighted by Gasteiger charge is -2.47. The lowest BCUT2D eigenvalue weighted by atomic mass is 9.76. The van der Waals surface area contributed by atoms with Gasteiger partial charge < -0.3 is 4.90 Å². The molecule has 1 aromatic carbocycles. The highest BCUT2D eigenvalue weighted by Crippen LogP contribution is 2.35. The molecule has 5 nitrogen and oxygen atoms in total. The number of benzene rings is 1. The molecule has 1 N–H and O–H groups in total. The number of hydrogen-bond donors (Lipinski definition) is 1. The van der Waals surface area contributed by atoms with Gasteiger partial charge in [-0.15, -0.1) is 0 Å². The molecule has 1 aliphatic carbocycles. The second-order valence-corrected chi connectivity index (χ2v) is 7.14. The van der Waals surface area contributed by atoms with Crippen LogP contribution in [-0.4, -0.2) is 39.5 Å². The minimum Gasteiger partial charge on any atom is -0.302 e. The Labute approximate surface area is 120 Å². The molecule has 0 heterocycles. The number of nitrogens with one attached hydrogen (secondary N) is 1. The molecule has 108 valence electrons. The smallest absolute Gasteiger partial charge is 0.241 e. The maximum Gasteiger partial charge on any atom is 0.241 e. The van der Waals surface area contributed by atoms with E-state index in [1.807, 2.05) is 20.2 Å². The summed E-state index contributed by atoms with van der Waals surface area (Å²) >= 11 is 0. The molecular formula is C14H19N3O2S. The van der Waals surface area contributed by atoms with Crippen molar-refractivity contribution >= 4 is 10.0 Å². The van der Waals surface area contributed by atoms with Crippen LogP contribution in [0.25, 0.3) is 0 Å². The van der Waals surface area contributed by atoms with E-state index < -0.39 is 10.0 Å². The van der Waals surface area contributed by atoms with Gasteiger partial charge in [-0.3, -0.25) is 0 Å². The maximum absolute atomic E-state index is 12.3. The maximum atomic E-state index is 12.3. The zero-order valence-corrected chi connectivity index (χ0v) is 12.6. The number of likely N-dealkylation sites (N-methyl/N-ethyl adjacent to an activating group) is 1. The molecule has 20 heavy (non-hydrogen) atoms. The number of nitrogens with zero attached hydrogens (tertiary/aromatic N) is 2. The number of rotatable bonds is 5. The second kappa shape index (κ2) is 5.52. The first-order chi connectivity index (χ1) is 9.41. The lowest BCUT2D eigenvalue weighted by Crippen LogP contribution is -2.57. The van der Waals surface area contributed by atoms with E-state index in [4.69, 9.17) is 5.26 Å². The highest BCUT2D eigenvalue weighted by Gasteiger charge is 2.40. The molecule has 0 atom stereocenters. The van der Waals surface area contributed by atoms with E-state index in [1.165, 1.54) is 12.1 Å². The summed E-state index contributed by atoms with van der Waals surface area (Å²) in [4.78, 5) is 2.13. The molecule has 0 unspecified atom stereocenters. The first kappa shape index (κ1) is 15.0. The third kappa shape index (κ3) is 2.70. The summed E-state index contributed by atoms with van der Waals surface area (Å²) in [6.45, 7) is 0.377. The van der Waals surface area contributed by atoms with E-state index in [0.717, 1.165) is 19.3 Å². The largest absolute Gasteiger partial charge is 0.302 e. The van der Waals surface area contributed by atoms with Crippen molar-refractivity contribution in [2.75, 3.05) is 20.6 Å². The monoisotopic (exact) mass is 293 g/mol. The molecular weight excluding hydrogens is 274 g/mol. The van der Waals surface area contributed by atoms with Crippen LogP contribution in [0.4, 0.5) is 0 Å². The normalized spacial score (nSPS) is 17.5. The summed E-state index contributed by atoms with van der Waals surface area (Å²) in [6.07, 6.45) is 3.10. The topological polar surface area (TPSA) is 73.2 Å². The van der Waals surface area contributed by atoms with Gasteiger partial charge in [-0.05, 0) is 45.5 Å². The first-order valence-electron chi connectivity index (χ1n) is 6.57. The Hall–Kier alpha value is -1.42. The van der Waals surface area contributed by atoms with Gasteiger partial charge in [0.2, 0.25) is 10.0 Å². The van der Waals surface area contributed by atoms with Crippen molar-refractivity contribution in [2.24, 2.45) is 0 Å². The van der Waals surface area contributed by atoms with Gasteiger partial charge in [-0.2, -0.15) is 5.26 Å². The summed E-state index contributed by atoms with van der Waals surface area (Å²) in [7, 11) is 0.293. The molecule has 0 saturated heterocycles. The standard InChI is InChI=1S/C14H19N3O2S/c1-17(2)14(8-5-9-14)11-16-20(18,19)13-7-4-3-6-12(13)10-15/h3-4,6-7,16H,5,8-9,11H2,1-2H3. The number of nitriles is 1. The fraction of sp³-hybridized carbons (Fsp3) is 0.500. The van der Waals surface area contributed by atoms with Crippen LogP contribution < -0.4 is 4.72 Å². The highest BCUT2D eigenvalue weighted by atomic mass is 32.2. The van der Waals surface area contributed by atoms with E-state index in [0.29, 0.717) is 6.54 Å². The van der Waals surface area contributed by atoms with Crippen molar-refractivity contribution in [3.63, 3.8) is 0 Å². The quantitative estimate of drug-likeness (QED) is 0.888. The van der Waals surface area contributed by atoms with Gasteiger partial charge in [-0.25, -0.2) is 13.1 Å². The minimum atomic E-state index is -3.65. The van der Waals surface area contributed by atoms with Crippen molar-refractivity contribution in [2.45, 2.75) is 29.7 Å². The van der Waals surface area contributed by atoms with Crippen LogP contribution in [0.2, 0.25) is 0 Å². The van der Waals surface area contributed by atoms with Gasteiger partial charge in [0.05, 0.1) is 10.5 Å². The zero-order chi connectivity index (χ0) is 14.8. The molecule has 2 rings (SSSR count).